The van der Waals surface area contributed by atoms with E-state index in [0.717, 1.165) is 4.90 Å². The largest absolute Gasteiger partial charge is 0.444 e. The molecule has 31 heavy (non-hydrogen) atoms. The van der Waals surface area contributed by atoms with Crippen LogP contribution in [0.15, 0.2) is 47.4 Å². The Hall–Kier alpha value is -2.93. The third-order valence-corrected chi connectivity index (χ3v) is 7.66. The number of hydrogen-bond acceptors (Lipinski definition) is 6. The van der Waals surface area contributed by atoms with E-state index in [2.05, 4.69) is 0 Å². The Morgan fingerprint density at radius 3 is 2.58 bits per heavy atom. The molecule has 4 rings (SSSR count). The zero-order valence-electron chi connectivity index (χ0n) is 16.3. The molecule has 160 valence electrons. The van der Waals surface area contributed by atoms with Crippen LogP contribution in [0.25, 0.3) is 0 Å². The first kappa shape index (κ1) is 21.3. The Kier molecular flexibility index (Phi) is 5.71. The van der Waals surface area contributed by atoms with Gasteiger partial charge in [-0.2, -0.15) is 9.57 Å². The number of carbonyl (C=O) groups excluding carboxylic acids is 2. The molecule has 8 nitrogen and oxygen atoms in total. The summed E-state index contributed by atoms with van der Waals surface area (Å²) >= 11 is 5.99. The van der Waals surface area contributed by atoms with Crippen LogP contribution in [0.5, 0.6) is 0 Å². The lowest BCUT2D eigenvalue weighted by atomic mass is 9.96. The first-order chi connectivity index (χ1) is 14.8. The van der Waals surface area contributed by atoms with Gasteiger partial charge in [0.15, 0.2) is 0 Å². The van der Waals surface area contributed by atoms with E-state index in [1.165, 1.54) is 16.4 Å². The Bertz CT molecular complexity index is 1200. The summed E-state index contributed by atoms with van der Waals surface area (Å²) in [5.41, 5.74) is 1.14. The molecule has 10 heteroatoms. The molecular formula is C21H18ClN3O5S. The third-order valence-electron chi connectivity index (χ3n) is 5.47. The highest BCUT2D eigenvalue weighted by Gasteiger charge is 2.39. The van der Waals surface area contributed by atoms with Crippen LogP contribution in [-0.2, 0) is 26.2 Å². The van der Waals surface area contributed by atoms with Gasteiger partial charge in [-0.15, -0.1) is 0 Å². The standard InChI is InChI=1S/C21H18ClN3O5S/c22-17-5-6-18-16(11-17)13-30-21(27)25(18)20(26)14-7-9-24(10-8-14)31(28,29)19-4-2-1-3-15(19)12-23/h1-6,11,14H,7-10,13H2. The summed E-state index contributed by atoms with van der Waals surface area (Å²) in [5.74, 6) is -0.963. The number of carbonyl (C=O) groups is 2. The molecule has 2 aromatic carbocycles. The van der Waals surface area contributed by atoms with Crippen LogP contribution in [0.2, 0.25) is 5.02 Å². The first-order valence-electron chi connectivity index (χ1n) is 9.61. The summed E-state index contributed by atoms with van der Waals surface area (Å²) in [5, 5.41) is 9.70. The van der Waals surface area contributed by atoms with Crippen molar-refractivity contribution >= 4 is 39.3 Å². The van der Waals surface area contributed by atoms with Crippen molar-refractivity contribution in [3.05, 3.63) is 58.6 Å². The average molecular weight is 460 g/mol. The van der Waals surface area contributed by atoms with Crippen molar-refractivity contribution < 1.29 is 22.7 Å². The number of fused-ring (bicyclic) bond motifs is 1. The molecular weight excluding hydrogens is 442 g/mol. The number of sulfonamides is 1. The fourth-order valence-electron chi connectivity index (χ4n) is 3.85. The van der Waals surface area contributed by atoms with Gasteiger partial charge in [-0.1, -0.05) is 23.7 Å². The molecule has 0 N–H and O–H groups in total. The molecule has 2 aliphatic heterocycles. The Morgan fingerprint density at radius 1 is 1.16 bits per heavy atom. The average Bonchev–Trinajstić information content (AvgIpc) is 2.78. The molecule has 0 radical (unpaired) electrons. The van der Waals surface area contributed by atoms with E-state index in [9.17, 15) is 23.3 Å². The SMILES string of the molecule is N#Cc1ccccc1S(=O)(=O)N1CCC(C(=O)N2C(=O)OCc3cc(Cl)ccc32)CC1. The van der Waals surface area contributed by atoms with Crippen molar-refractivity contribution in [1.82, 2.24) is 4.31 Å². The number of rotatable bonds is 3. The number of piperidine rings is 1. The fraction of sp³-hybridized carbons (Fsp3) is 0.286. The number of hydrogen-bond donors (Lipinski definition) is 0. The summed E-state index contributed by atoms with van der Waals surface area (Å²) in [4.78, 5) is 26.4. The predicted octanol–water partition coefficient (Wildman–Crippen LogP) is 3.30. The van der Waals surface area contributed by atoms with Crippen LogP contribution in [0, 0.1) is 17.2 Å². The van der Waals surface area contributed by atoms with Crippen molar-refractivity contribution in [2.24, 2.45) is 5.92 Å². The van der Waals surface area contributed by atoms with Gasteiger partial charge in [0, 0.05) is 29.6 Å². The normalized spacial score (nSPS) is 17.5. The lowest BCUT2D eigenvalue weighted by molar-refractivity contribution is -0.123. The van der Waals surface area contributed by atoms with E-state index in [1.807, 2.05) is 6.07 Å². The van der Waals surface area contributed by atoms with Crippen LogP contribution in [0.4, 0.5) is 10.5 Å². The summed E-state index contributed by atoms with van der Waals surface area (Å²) in [6.45, 7) is 0.247. The van der Waals surface area contributed by atoms with E-state index in [0.29, 0.717) is 16.3 Å². The second-order valence-corrected chi connectivity index (χ2v) is 9.63. The number of nitrogens with zero attached hydrogens (tertiary/aromatic N) is 3. The van der Waals surface area contributed by atoms with E-state index in [1.54, 1.807) is 30.3 Å². The van der Waals surface area contributed by atoms with Crippen LogP contribution in [0.1, 0.15) is 24.0 Å². The number of benzene rings is 2. The van der Waals surface area contributed by atoms with Crippen molar-refractivity contribution in [3.63, 3.8) is 0 Å². The highest BCUT2D eigenvalue weighted by atomic mass is 35.5. The maximum Gasteiger partial charge on any atom is 0.421 e. The number of halogens is 1. The summed E-state index contributed by atoms with van der Waals surface area (Å²) in [6.07, 6.45) is -0.253. The lowest BCUT2D eigenvalue weighted by Crippen LogP contribution is -2.48. The van der Waals surface area contributed by atoms with Crippen molar-refractivity contribution in [1.29, 1.82) is 5.26 Å². The van der Waals surface area contributed by atoms with E-state index < -0.39 is 27.9 Å². The van der Waals surface area contributed by atoms with E-state index >= 15 is 0 Å². The Balaban J connectivity index is 1.51. The second-order valence-electron chi connectivity index (χ2n) is 7.29. The van der Waals surface area contributed by atoms with E-state index in [4.69, 9.17) is 16.3 Å². The lowest BCUT2D eigenvalue weighted by Gasteiger charge is -2.34. The molecule has 0 atom stereocenters. The fourth-order valence-corrected chi connectivity index (χ4v) is 5.65. The topological polar surface area (TPSA) is 108 Å². The van der Waals surface area contributed by atoms with Gasteiger partial charge in [-0.3, -0.25) is 4.79 Å². The summed E-state index contributed by atoms with van der Waals surface area (Å²) < 4.78 is 32.4. The molecule has 2 amide bonds. The minimum Gasteiger partial charge on any atom is -0.444 e. The number of amides is 2. The molecule has 0 unspecified atom stereocenters. The zero-order valence-corrected chi connectivity index (χ0v) is 17.9. The predicted molar refractivity (Wildman–Crippen MR) is 112 cm³/mol. The molecule has 2 heterocycles. The summed E-state index contributed by atoms with van der Waals surface area (Å²) in [7, 11) is -3.86. The minimum absolute atomic E-state index is 0.0352. The molecule has 0 aromatic heterocycles. The molecule has 0 saturated carbocycles. The van der Waals surface area contributed by atoms with Gasteiger partial charge in [0.05, 0.1) is 16.1 Å². The molecule has 2 aliphatic rings. The number of ether oxygens (including phenoxy) is 1. The third kappa shape index (κ3) is 3.90. The quantitative estimate of drug-likeness (QED) is 0.696. The minimum atomic E-state index is -3.86. The van der Waals surface area contributed by atoms with Crippen LogP contribution in [-0.4, -0.2) is 37.8 Å². The smallest absolute Gasteiger partial charge is 0.421 e. The Labute approximate surface area is 184 Å². The zero-order chi connectivity index (χ0) is 22.2. The van der Waals surface area contributed by atoms with Gasteiger partial charge >= 0.3 is 6.09 Å². The molecule has 1 fully saturated rings. The second kappa shape index (κ2) is 8.30. The number of anilines is 1. The van der Waals surface area contributed by atoms with Gasteiger partial charge in [0.1, 0.15) is 12.7 Å². The van der Waals surface area contributed by atoms with Crippen LogP contribution < -0.4 is 4.90 Å². The van der Waals surface area contributed by atoms with Crippen LogP contribution in [0.3, 0.4) is 0 Å². The highest BCUT2D eigenvalue weighted by Crippen LogP contribution is 2.33. The first-order valence-corrected chi connectivity index (χ1v) is 11.4. The van der Waals surface area contributed by atoms with Gasteiger partial charge in [0.25, 0.3) is 0 Å². The highest BCUT2D eigenvalue weighted by molar-refractivity contribution is 7.89. The van der Waals surface area contributed by atoms with Gasteiger partial charge < -0.3 is 4.74 Å². The monoisotopic (exact) mass is 459 g/mol. The molecule has 2 aromatic rings. The number of imide groups is 1. The molecule has 0 aliphatic carbocycles. The van der Waals surface area contributed by atoms with Gasteiger partial charge in [0.2, 0.25) is 15.9 Å². The van der Waals surface area contributed by atoms with Crippen LogP contribution >= 0.6 is 11.6 Å². The summed E-state index contributed by atoms with van der Waals surface area (Å²) in [6, 6.07) is 12.8. The maximum atomic E-state index is 13.1. The molecule has 0 bridgehead atoms. The maximum absolute atomic E-state index is 13.1. The van der Waals surface area contributed by atoms with E-state index in [-0.39, 0.29) is 43.0 Å². The number of nitriles is 1. The van der Waals surface area contributed by atoms with Crippen molar-refractivity contribution in [3.8, 4) is 6.07 Å². The Morgan fingerprint density at radius 2 is 1.87 bits per heavy atom. The molecule has 0 spiro atoms. The molecule has 1 saturated heterocycles. The van der Waals surface area contributed by atoms with Gasteiger partial charge in [-0.05, 0) is 43.2 Å². The van der Waals surface area contributed by atoms with Gasteiger partial charge in [-0.25, -0.2) is 18.1 Å². The van der Waals surface area contributed by atoms with Crippen molar-refractivity contribution in [2.75, 3.05) is 18.0 Å². The van der Waals surface area contributed by atoms with Crippen molar-refractivity contribution in [2.45, 2.75) is 24.3 Å². The number of cyclic esters (lactones) is 1.